The van der Waals surface area contributed by atoms with Crippen molar-refractivity contribution in [1.82, 2.24) is 15.1 Å². The number of rotatable bonds is 4. The molecule has 1 N–H and O–H groups in total. The van der Waals surface area contributed by atoms with Crippen LogP contribution in [0.4, 0.5) is 0 Å². The molecular weight excluding hydrogens is 390 g/mol. The summed E-state index contributed by atoms with van der Waals surface area (Å²) in [5, 5.41) is 2.80. The maximum atomic E-state index is 12.8. The van der Waals surface area contributed by atoms with E-state index in [0.29, 0.717) is 37.3 Å². The molecule has 1 heterocycles. The Morgan fingerprint density at radius 1 is 0.806 bits per heavy atom. The SMILES string of the molecule is CC(NC(=O)c1ccc(C(C)(C)C)cc1)C(=O)N1CCN(C(=O)c2ccccc2)CC1. The van der Waals surface area contributed by atoms with Gasteiger partial charge in [-0.25, -0.2) is 0 Å². The van der Waals surface area contributed by atoms with Gasteiger partial charge in [0.05, 0.1) is 0 Å². The van der Waals surface area contributed by atoms with Crippen LogP contribution in [0, 0.1) is 0 Å². The second-order valence-electron chi connectivity index (χ2n) is 9.01. The molecule has 2 aromatic carbocycles. The number of hydrogen-bond acceptors (Lipinski definition) is 3. The summed E-state index contributed by atoms with van der Waals surface area (Å²) in [5.41, 5.74) is 2.35. The first-order valence-corrected chi connectivity index (χ1v) is 10.7. The van der Waals surface area contributed by atoms with E-state index in [1.54, 1.807) is 41.0 Å². The number of hydrogen-bond donors (Lipinski definition) is 1. The van der Waals surface area contributed by atoms with Gasteiger partial charge in [0, 0.05) is 37.3 Å². The van der Waals surface area contributed by atoms with Crippen LogP contribution in [0.3, 0.4) is 0 Å². The fourth-order valence-electron chi connectivity index (χ4n) is 3.63. The minimum absolute atomic E-state index is 0.0162. The lowest BCUT2D eigenvalue weighted by Gasteiger charge is -2.36. The topological polar surface area (TPSA) is 69.7 Å². The van der Waals surface area contributed by atoms with E-state index in [1.165, 1.54) is 0 Å². The van der Waals surface area contributed by atoms with Gasteiger partial charge >= 0.3 is 0 Å². The van der Waals surface area contributed by atoms with Gasteiger partial charge < -0.3 is 15.1 Å². The van der Waals surface area contributed by atoms with E-state index < -0.39 is 6.04 Å². The van der Waals surface area contributed by atoms with E-state index in [4.69, 9.17) is 0 Å². The lowest BCUT2D eigenvalue weighted by atomic mass is 9.86. The highest BCUT2D eigenvalue weighted by Gasteiger charge is 2.28. The van der Waals surface area contributed by atoms with Gasteiger partial charge in [0.2, 0.25) is 5.91 Å². The fourth-order valence-corrected chi connectivity index (χ4v) is 3.63. The normalized spacial score (nSPS) is 15.4. The van der Waals surface area contributed by atoms with Gasteiger partial charge in [-0.1, -0.05) is 51.1 Å². The van der Waals surface area contributed by atoms with Gasteiger partial charge in [0.1, 0.15) is 6.04 Å². The number of piperazine rings is 1. The second-order valence-corrected chi connectivity index (χ2v) is 9.01. The lowest BCUT2D eigenvalue weighted by molar-refractivity contribution is -0.134. The summed E-state index contributed by atoms with van der Waals surface area (Å²) >= 11 is 0. The van der Waals surface area contributed by atoms with Crippen molar-refractivity contribution in [3.8, 4) is 0 Å². The van der Waals surface area contributed by atoms with Crippen molar-refractivity contribution >= 4 is 17.7 Å². The van der Waals surface area contributed by atoms with Crippen molar-refractivity contribution < 1.29 is 14.4 Å². The number of nitrogens with zero attached hydrogens (tertiary/aromatic N) is 2. The molecule has 2 aromatic rings. The minimum Gasteiger partial charge on any atom is -0.341 e. The Balaban J connectivity index is 1.52. The third-order valence-corrected chi connectivity index (χ3v) is 5.63. The molecule has 6 heteroatoms. The fraction of sp³-hybridized carbons (Fsp3) is 0.400. The Morgan fingerprint density at radius 3 is 1.90 bits per heavy atom. The van der Waals surface area contributed by atoms with Gasteiger partial charge in [-0.2, -0.15) is 0 Å². The maximum absolute atomic E-state index is 12.8. The predicted molar refractivity (Wildman–Crippen MR) is 121 cm³/mol. The van der Waals surface area contributed by atoms with E-state index >= 15 is 0 Å². The molecule has 1 saturated heterocycles. The van der Waals surface area contributed by atoms with Crippen molar-refractivity contribution in [2.75, 3.05) is 26.2 Å². The first-order valence-electron chi connectivity index (χ1n) is 10.7. The zero-order valence-corrected chi connectivity index (χ0v) is 18.7. The van der Waals surface area contributed by atoms with E-state index in [0.717, 1.165) is 5.56 Å². The highest BCUT2D eigenvalue weighted by molar-refractivity contribution is 5.97. The summed E-state index contributed by atoms with van der Waals surface area (Å²) in [6.07, 6.45) is 0. The number of benzene rings is 2. The molecule has 1 atom stereocenters. The molecule has 0 aromatic heterocycles. The number of amides is 3. The second kappa shape index (κ2) is 9.33. The van der Waals surface area contributed by atoms with Crippen LogP contribution in [-0.4, -0.2) is 59.7 Å². The molecule has 31 heavy (non-hydrogen) atoms. The monoisotopic (exact) mass is 421 g/mol. The van der Waals surface area contributed by atoms with Gasteiger partial charge in [0.15, 0.2) is 0 Å². The van der Waals surface area contributed by atoms with Crippen molar-refractivity contribution in [2.45, 2.75) is 39.2 Å². The summed E-state index contributed by atoms with van der Waals surface area (Å²) in [7, 11) is 0. The zero-order chi connectivity index (χ0) is 22.6. The first kappa shape index (κ1) is 22.5. The Kier molecular flexibility index (Phi) is 6.78. The smallest absolute Gasteiger partial charge is 0.253 e. The molecule has 1 unspecified atom stereocenters. The number of carbonyl (C=O) groups excluding carboxylic acids is 3. The quantitative estimate of drug-likeness (QED) is 0.825. The number of carbonyl (C=O) groups is 3. The summed E-state index contributed by atoms with van der Waals surface area (Å²) in [5.74, 6) is -0.418. The Morgan fingerprint density at radius 2 is 1.35 bits per heavy atom. The summed E-state index contributed by atoms with van der Waals surface area (Å²) in [4.78, 5) is 41.4. The third-order valence-electron chi connectivity index (χ3n) is 5.63. The molecule has 0 aliphatic carbocycles. The van der Waals surface area contributed by atoms with Crippen LogP contribution in [0.2, 0.25) is 0 Å². The van der Waals surface area contributed by atoms with Crippen LogP contribution in [0.15, 0.2) is 54.6 Å². The molecule has 0 saturated carbocycles. The molecule has 3 amide bonds. The van der Waals surface area contributed by atoms with Crippen LogP contribution < -0.4 is 5.32 Å². The average Bonchev–Trinajstić information content (AvgIpc) is 2.78. The molecule has 6 nitrogen and oxygen atoms in total. The molecule has 0 radical (unpaired) electrons. The van der Waals surface area contributed by atoms with Crippen LogP contribution in [0.25, 0.3) is 0 Å². The molecule has 164 valence electrons. The summed E-state index contributed by atoms with van der Waals surface area (Å²) in [6, 6.07) is 16.0. The Hall–Kier alpha value is -3.15. The third kappa shape index (κ3) is 5.51. The summed E-state index contributed by atoms with van der Waals surface area (Å²) < 4.78 is 0. The van der Waals surface area contributed by atoms with Crippen LogP contribution in [-0.2, 0) is 10.2 Å². The first-order chi connectivity index (χ1) is 14.7. The zero-order valence-electron chi connectivity index (χ0n) is 18.7. The molecule has 1 aliphatic heterocycles. The highest BCUT2D eigenvalue weighted by Crippen LogP contribution is 2.22. The van der Waals surface area contributed by atoms with E-state index in [1.807, 2.05) is 30.3 Å². The van der Waals surface area contributed by atoms with Gasteiger partial charge in [0.25, 0.3) is 11.8 Å². The van der Waals surface area contributed by atoms with Crippen molar-refractivity contribution in [3.63, 3.8) is 0 Å². The summed E-state index contributed by atoms with van der Waals surface area (Å²) in [6.45, 7) is 9.94. The van der Waals surface area contributed by atoms with E-state index in [2.05, 4.69) is 26.1 Å². The average molecular weight is 422 g/mol. The van der Waals surface area contributed by atoms with Gasteiger partial charge in [-0.15, -0.1) is 0 Å². The van der Waals surface area contributed by atoms with Crippen LogP contribution in [0.1, 0.15) is 54.0 Å². The predicted octanol–water partition coefficient (Wildman–Crippen LogP) is 3.09. The molecular formula is C25H31N3O3. The largest absolute Gasteiger partial charge is 0.341 e. The minimum atomic E-state index is -0.633. The molecule has 0 bridgehead atoms. The lowest BCUT2D eigenvalue weighted by Crippen LogP contribution is -2.55. The standard InChI is InChI=1S/C25H31N3O3/c1-18(26-22(29)19-10-12-21(13-11-19)25(2,3)4)23(30)27-14-16-28(17-15-27)24(31)20-8-6-5-7-9-20/h5-13,18H,14-17H2,1-4H3,(H,26,29). The Bertz CT molecular complexity index is 925. The van der Waals surface area contributed by atoms with Gasteiger partial charge in [-0.3, -0.25) is 14.4 Å². The molecule has 0 spiro atoms. The van der Waals surface area contributed by atoms with Crippen molar-refractivity contribution in [3.05, 3.63) is 71.3 Å². The Labute approximate surface area is 184 Å². The molecule has 3 rings (SSSR count). The van der Waals surface area contributed by atoms with Crippen molar-refractivity contribution in [1.29, 1.82) is 0 Å². The maximum Gasteiger partial charge on any atom is 0.253 e. The van der Waals surface area contributed by atoms with E-state index in [9.17, 15) is 14.4 Å². The number of nitrogens with one attached hydrogen (secondary N) is 1. The van der Waals surface area contributed by atoms with Gasteiger partial charge in [-0.05, 0) is 42.2 Å². The molecule has 1 fully saturated rings. The van der Waals surface area contributed by atoms with E-state index in [-0.39, 0.29) is 23.1 Å². The molecule has 1 aliphatic rings. The van der Waals surface area contributed by atoms with Crippen LogP contribution >= 0.6 is 0 Å². The van der Waals surface area contributed by atoms with Crippen LogP contribution in [0.5, 0.6) is 0 Å². The highest BCUT2D eigenvalue weighted by atomic mass is 16.2. The van der Waals surface area contributed by atoms with Crippen molar-refractivity contribution in [2.24, 2.45) is 0 Å².